The van der Waals surface area contributed by atoms with Crippen LogP contribution in [-0.4, -0.2) is 65.0 Å². The van der Waals surface area contributed by atoms with Crippen LogP contribution < -0.4 is 0 Å². The summed E-state index contributed by atoms with van der Waals surface area (Å²) in [7, 11) is 6.09. The Morgan fingerprint density at radius 3 is 2.79 bits per heavy atom. The van der Waals surface area contributed by atoms with Gasteiger partial charge in [-0.25, -0.2) is 4.98 Å². The van der Waals surface area contributed by atoms with Crippen LogP contribution in [-0.2, 0) is 6.42 Å². The van der Waals surface area contributed by atoms with E-state index in [2.05, 4.69) is 64.0 Å². The Labute approximate surface area is 179 Å². The zero-order valence-electron chi connectivity index (χ0n) is 17.2. The molecule has 3 aromatic heterocycles. The van der Waals surface area contributed by atoms with Crippen LogP contribution in [0.15, 0.2) is 46.4 Å². The van der Waals surface area contributed by atoms with Crippen molar-refractivity contribution in [2.24, 2.45) is 0 Å². The molecule has 1 aliphatic rings. The van der Waals surface area contributed by atoms with Gasteiger partial charge in [0.1, 0.15) is 0 Å². The molecule has 0 spiro atoms. The van der Waals surface area contributed by atoms with Gasteiger partial charge in [0.2, 0.25) is 5.88 Å². The van der Waals surface area contributed by atoms with Crippen LogP contribution in [0.1, 0.15) is 17.5 Å². The maximum Gasteiger partial charge on any atom is 0.219 e. The fourth-order valence-corrected chi connectivity index (χ4v) is 7.13. The van der Waals surface area contributed by atoms with Crippen molar-refractivity contribution in [3.63, 3.8) is 0 Å². The molecule has 1 N–H and O–H groups in total. The van der Waals surface area contributed by atoms with Crippen LogP contribution in [0.4, 0.5) is 0 Å². The molecule has 0 saturated heterocycles. The smallest absolute Gasteiger partial charge is 0.219 e. The monoisotopic (exact) mass is 428 g/mol. The van der Waals surface area contributed by atoms with Crippen molar-refractivity contribution >= 4 is 37.9 Å². The van der Waals surface area contributed by atoms with Crippen molar-refractivity contribution in [2.45, 2.75) is 17.7 Å². The van der Waals surface area contributed by atoms with Crippen molar-refractivity contribution in [1.82, 2.24) is 19.8 Å². The summed E-state index contributed by atoms with van der Waals surface area (Å²) >= 11 is 1.68. The zero-order valence-corrected chi connectivity index (χ0v) is 18.9. The van der Waals surface area contributed by atoms with Gasteiger partial charge in [-0.05, 0) is 73.6 Å². The topological polar surface area (TPSA) is 52.5 Å². The van der Waals surface area contributed by atoms with Crippen LogP contribution in [0, 0.1) is 0 Å². The second-order valence-corrected chi connectivity index (χ2v) is 10.7. The number of aromatic nitrogens is 2. The van der Waals surface area contributed by atoms with Gasteiger partial charge >= 0.3 is 0 Å². The number of likely N-dealkylation sites (N-methyl/N-ethyl adjacent to an activating group) is 1. The predicted molar refractivity (Wildman–Crippen MR) is 125 cm³/mol. The third kappa shape index (κ3) is 4.48. The van der Waals surface area contributed by atoms with E-state index in [9.17, 15) is 5.11 Å². The molecule has 1 unspecified atom stereocenters. The van der Waals surface area contributed by atoms with Gasteiger partial charge in [-0.3, -0.25) is 9.88 Å². The van der Waals surface area contributed by atoms with Crippen LogP contribution in [0.3, 0.4) is 0 Å². The molecule has 3 aromatic rings. The Bertz CT molecular complexity index is 1030. The van der Waals surface area contributed by atoms with Crippen molar-refractivity contribution in [3.05, 3.63) is 52.6 Å². The molecule has 29 heavy (non-hydrogen) atoms. The van der Waals surface area contributed by atoms with Crippen molar-refractivity contribution in [3.8, 4) is 5.88 Å². The number of nitrogens with zero attached hydrogens (tertiary/aromatic N) is 4. The number of pyridine rings is 2. The lowest BCUT2D eigenvalue weighted by Crippen LogP contribution is -2.22. The summed E-state index contributed by atoms with van der Waals surface area (Å²) in [6.45, 7) is 2.02. The van der Waals surface area contributed by atoms with Crippen LogP contribution in [0.2, 0.25) is 0 Å². The Hall–Kier alpha value is -1.93. The van der Waals surface area contributed by atoms with Crippen LogP contribution in [0.25, 0.3) is 15.7 Å². The summed E-state index contributed by atoms with van der Waals surface area (Å²) in [4.78, 5) is 14.5. The highest BCUT2D eigenvalue weighted by atomic mass is 32.2. The molecule has 154 valence electrons. The van der Waals surface area contributed by atoms with E-state index in [1.54, 1.807) is 17.5 Å². The van der Waals surface area contributed by atoms with E-state index in [1.807, 2.05) is 12.3 Å². The maximum atomic E-state index is 10.1. The summed E-state index contributed by atoms with van der Waals surface area (Å²) < 4.78 is 1.10. The number of rotatable bonds is 8. The lowest BCUT2D eigenvalue weighted by atomic mass is 10.1. The van der Waals surface area contributed by atoms with Gasteiger partial charge in [0.05, 0.1) is 5.39 Å². The third-order valence-corrected chi connectivity index (χ3v) is 8.68. The van der Waals surface area contributed by atoms with E-state index < -0.39 is 0 Å². The standard InChI is InChI=1S/C22H28N4OS2/c1-25(2)10-6-17-14-29(20-12-23-8-4-18(17)20)15-26(3)11-7-16-13-28-19-5-9-24-22(27)21(16)19/h4-5,8-9,12-14,29H,6-7,10-11,15H2,1-3H3,(H,24,27). The summed E-state index contributed by atoms with van der Waals surface area (Å²) in [5.41, 5.74) is 4.04. The minimum Gasteiger partial charge on any atom is -0.493 e. The molecule has 0 fully saturated rings. The van der Waals surface area contributed by atoms with E-state index >= 15 is 0 Å². The first-order valence-electron chi connectivity index (χ1n) is 9.82. The Morgan fingerprint density at radius 1 is 1.10 bits per heavy atom. The molecule has 0 amide bonds. The van der Waals surface area contributed by atoms with Crippen LogP contribution >= 0.6 is 22.2 Å². The summed E-state index contributed by atoms with van der Waals surface area (Å²) in [6.07, 6.45) is 7.63. The van der Waals surface area contributed by atoms with Gasteiger partial charge in [-0.1, -0.05) is 0 Å². The molecule has 4 heterocycles. The lowest BCUT2D eigenvalue weighted by Gasteiger charge is -2.23. The Kier molecular flexibility index (Phi) is 6.20. The van der Waals surface area contributed by atoms with E-state index in [4.69, 9.17) is 0 Å². The van der Waals surface area contributed by atoms with E-state index in [-0.39, 0.29) is 16.8 Å². The molecule has 1 aliphatic heterocycles. The number of fused-ring (bicyclic) bond motifs is 2. The zero-order chi connectivity index (χ0) is 20.4. The van der Waals surface area contributed by atoms with Gasteiger partial charge in [-0.15, -0.1) is 11.3 Å². The van der Waals surface area contributed by atoms with Gasteiger partial charge in [0.15, 0.2) is 0 Å². The normalized spacial score (nSPS) is 17.3. The molecule has 5 nitrogen and oxygen atoms in total. The highest BCUT2D eigenvalue weighted by molar-refractivity contribution is 8.20. The van der Waals surface area contributed by atoms with Crippen molar-refractivity contribution < 1.29 is 5.11 Å². The quantitative estimate of drug-likeness (QED) is 0.527. The average molecular weight is 429 g/mol. The minimum atomic E-state index is -0.357. The molecule has 0 aliphatic carbocycles. The predicted octanol–water partition coefficient (Wildman–Crippen LogP) is 4.20. The number of hydrogen-bond acceptors (Lipinski definition) is 6. The van der Waals surface area contributed by atoms with Gasteiger partial charge in [0, 0.05) is 47.2 Å². The van der Waals surface area contributed by atoms with E-state index in [1.165, 1.54) is 21.6 Å². The molecular weight excluding hydrogens is 400 g/mol. The summed E-state index contributed by atoms with van der Waals surface area (Å²) in [5, 5.41) is 15.7. The number of thiophene rings is 1. The molecule has 0 saturated carbocycles. The molecule has 4 rings (SSSR count). The second kappa shape index (κ2) is 8.83. The second-order valence-electron chi connectivity index (χ2n) is 7.81. The third-order valence-electron chi connectivity index (χ3n) is 5.29. The highest BCUT2D eigenvalue weighted by Crippen LogP contribution is 2.50. The number of thiol groups is 1. The van der Waals surface area contributed by atoms with Gasteiger partial charge in [-0.2, -0.15) is 10.9 Å². The summed E-state index contributed by atoms with van der Waals surface area (Å²) in [5.74, 6) is 1.18. The van der Waals surface area contributed by atoms with Crippen molar-refractivity contribution in [2.75, 3.05) is 40.1 Å². The minimum absolute atomic E-state index is 0.148. The molecular formula is C22H28N4OS2. The number of aromatic hydroxyl groups is 1. The molecule has 0 bridgehead atoms. The van der Waals surface area contributed by atoms with Gasteiger partial charge < -0.3 is 10.0 Å². The first-order valence-corrected chi connectivity index (χ1v) is 12.3. The fourth-order valence-electron chi connectivity index (χ4n) is 3.73. The molecule has 0 aromatic carbocycles. The summed E-state index contributed by atoms with van der Waals surface area (Å²) in [6, 6.07) is 4.14. The Morgan fingerprint density at radius 2 is 1.97 bits per heavy atom. The van der Waals surface area contributed by atoms with Crippen molar-refractivity contribution in [1.29, 1.82) is 0 Å². The molecule has 0 radical (unpaired) electrons. The molecule has 7 heteroatoms. The van der Waals surface area contributed by atoms with Crippen LogP contribution in [0.5, 0.6) is 5.88 Å². The maximum absolute atomic E-state index is 10.1. The Balaban J connectivity index is 1.43. The number of hydrogen-bond donors (Lipinski definition) is 2. The van der Waals surface area contributed by atoms with E-state index in [0.717, 1.165) is 41.9 Å². The molecule has 1 atom stereocenters. The SMILES string of the molecule is CN(C)CCC1=C[SH](CN(C)CCc2csc3ccnc(O)c23)c2cnccc21. The first kappa shape index (κ1) is 20.3. The van der Waals surface area contributed by atoms with E-state index in [0.29, 0.717) is 0 Å². The highest BCUT2D eigenvalue weighted by Gasteiger charge is 2.22. The largest absolute Gasteiger partial charge is 0.493 e. The fraction of sp³-hybridized carbons (Fsp3) is 0.364. The van der Waals surface area contributed by atoms with Gasteiger partial charge in [0.25, 0.3) is 0 Å². The lowest BCUT2D eigenvalue weighted by molar-refractivity contribution is 0.397. The average Bonchev–Trinajstić information content (AvgIpc) is 3.27. The first-order chi connectivity index (χ1) is 14.0.